The van der Waals surface area contributed by atoms with E-state index in [4.69, 9.17) is 10.5 Å². The molecule has 2 aliphatic carbocycles. The second-order valence-corrected chi connectivity index (χ2v) is 7.79. The molecule has 0 atom stereocenters. The van der Waals surface area contributed by atoms with Crippen LogP contribution in [0.2, 0.25) is 0 Å². The second kappa shape index (κ2) is 7.67. The number of H-pyrrole nitrogens is 1. The molecule has 0 fully saturated rings. The number of allylic oxidation sites excluding steroid dienone is 5. The molecule has 5 heteroatoms. The lowest BCUT2D eigenvalue weighted by Crippen LogP contribution is -2.10. The van der Waals surface area contributed by atoms with E-state index in [9.17, 15) is 4.79 Å². The maximum absolute atomic E-state index is 11.4. The fraction of sp³-hybridized carbons (Fsp3) is 0.200. The van der Waals surface area contributed by atoms with Crippen LogP contribution in [0.4, 0.5) is 0 Å². The third-order valence-corrected chi connectivity index (χ3v) is 5.69. The number of rotatable bonds is 4. The van der Waals surface area contributed by atoms with Crippen molar-refractivity contribution in [2.24, 2.45) is 5.73 Å². The summed E-state index contributed by atoms with van der Waals surface area (Å²) in [5, 5.41) is 0. The highest BCUT2D eigenvalue weighted by molar-refractivity contribution is 5.96. The van der Waals surface area contributed by atoms with Gasteiger partial charge in [0.05, 0.1) is 11.0 Å². The van der Waals surface area contributed by atoms with Gasteiger partial charge >= 0.3 is 0 Å². The summed E-state index contributed by atoms with van der Waals surface area (Å²) < 4.78 is 6.13. The van der Waals surface area contributed by atoms with Crippen LogP contribution in [0.15, 0.2) is 66.5 Å². The summed E-state index contributed by atoms with van der Waals surface area (Å²) >= 11 is 0. The number of fused-ring (bicyclic) bond motifs is 2. The number of amides is 1. The largest absolute Gasteiger partial charge is 0.457 e. The molecule has 0 aliphatic heterocycles. The van der Waals surface area contributed by atoms with Gasteiger partial charge in [0.25, 0.3) is 0 Å². The van der Waals surface area contributed by atoms with Gasteiger partial charge in [0.2, 0.25) is 5.91 Å². The standard InChI is InChI=1S/C25H23N3O2/c26-24(29)19-10-13-22-23(15-19)28-25(27-22)17-6-3-7-20(11-9-17)30-21-12-8-16-4-1-2-5-18(16)14-21/h3,7-15H,1-2,4-6H2,(H2,26,29)(H,27,28). The summed E-state index contributed by atoms with van der Waals surface area (Å²) in [5.41, 5.74) is 11.3. The maximum Gasteiger partial charge on any atom is 0.248 e. The summed E-state index contributed by atoms with van der Waals surface area (Å²) in [6.45, 7) is 0. The molecule has 1 amide bonds. The third kappa shape index (κ3) is 3.66. The lowest BCUT2D eigenvalue weighted by atomic mass is 9.92. The number of nitrogens with two attached hydrogens (primary N) is 1. The van der Waals surface area contributed by atoms with E-state index < -0.39 is 5.91 Å². The minimum atomic E-state index is -0.448. The normalized spacial score (nSPS) is 15.9. The van der Waals surface area contributed by atoms with Crippen molar-refractivity contribution < 1.29 is 9.53 Å². The van der Waals surface area contributed by atoms with Crippen LogP contribution in [0.25, 0.3) is 16.6 Å². The van der Waals surface area contributed by atoms with Crippen LogP contribution in [-0.4, -0.2) is 15.9 Å². The van der Waals surface area contributed by atoms with Crippen LogP contribution in [0.5, 0.6) is 5.75 Å². The van der Waals surface area contributed by atoms with Crippen molar-refractivity contribution >= 4 is 22.5 Å². The molecule has 3 N–H and O–H groups in total. The number of hydrogen-bond donors (Lipinski definition) is 2. The number of carbonyl (C=O) groups is 1. The van der Waals surface area contributed by atoms with E-state index in [-0.39, 0.29) is 0 Å². The van der Waals surface area contributed by atoms with Gasteiger partial charge in [0.15, 0.2) is 0 Å². The van der Waals surface area contributed by atoms with Gasteiger partial charge < -0.3 is 15.5 Å². The number of nitrogens with one attached hydrogen (secondary N) is 1. The van der Waals surface area contributed by atoms with Crippen LogP contribution in [0, 0.1) is 0 Å². The molecule has 30 heavy (non-hydrogen) atoms. The van der Waals surface area contributed by atoms with Crippen molar-refractivity contribution in [1.82, 2.24) is 9.97 Å². The van der Waals surface area contributed by atoms with Crippen LogP contribution < -0.4 is 10.5 Å². The van der Waals surface area contributed by atoms with Crippen LogP contribution in [0.3, 0.4) is 0 Å². The zero-order valence-electron chi connectivity index (χ0n) is 16.7. The minimum absolute atomic E-state index is 0.448. The highest BCUT2D eigenvalue weighted by Gasteiger charge is 2.12. The lowest BCUT2D eigenvalue weighted by molar-refractivity contribution is 0.100. The summed E-state index contributed by atoms with van der Waals surface area (Å²) in [7, 11) is 0. The number of hydrogen-bond acceptors (Lipinski definition) is 3. The number of benzene rings is 2. The number of nitrogens with zero attached hydrogens (tertiary/aromatic N) is 1. The number of ether oxygens (including phenoxy) is 1. The van der Waals surface area contributed by atoms with Gasteiger partial charge in [-0.3, -0.25) is 4.79 Å². The van der Waals surface area contributed by atoms with Crippen LogP contribution in [-0.2, 0) is 12.8 Å². The number of aryl methyl sites for hydroxylation is 2. The van der Waals surface area contributed by atoms with Gasteiger partial charge in [-0.2, -0.15) is 0 Å². The van der Waals surface area contributed by atoms with E-state index in [1.807, 2.05) is 24.3 Å². The number of imidazole rings is 1. The predicted molar refractivity (Wildman–Crippen MR) is 118 cm³/mol. The van der Waals surface area contributed by atoms with Gasteiger partial charge in [-0.25, -0.2) is 4.98 Å². The highest BCUT2D eigenvalue weighted by Crippen LogP contribution is 2.28. The molecule has 5 nitrogen and oxygen atoms in total. The first-order valence-corrected chi connectivity index (χ1v) is 10.3. The SMILES string of the molecule is NC(=O)c1ccc2nc(C3=CC=C(Oc4ccc5c(c4)CCCC5)C=CC3)[nH]c2c1. The molecule has 0 unspecified atom stereocenters. The molecule has 0 saturated carbocycles. The molecule has 0 bridgehead atoms. The van der Waals surface area contributed by atoms with Gasteiger partial charge in [-0.05, 0) is 91.3 Å². The van der Waals surface area contributed by atoms with Gasteiger partial charge in [0, 0.05) is 5.56 Å². The topological polar surface area (TPSA) is 81.0 Å². The smallest absolute Gasteiger partial charge is 0.248 e. The number of carbonyl (C=O) groups excluding carboxylic acids is 1. The maximum atomic E-state index is 11.4. The van der Waals surface area contributed by atoms with E-state index >= 15 is 0 Å². The monoisotopic (exact) mass is 397 g/mol. The Morgan fingerprint density at radius 3 is 2.77 bits per heavy atom. The Bertz CT molecular complexity index is 1230. The first-order chi connectivity index (χ1) is 14.7. The van der Waals surface area contributed by atoms with E-state index in [1.54, 1.807) is 12.1 Å². The van der Waals surface area contributed by atoms with Gasteiger partial charge in [-0.1, -0.05) is 18.2 Å². The van der Waals surface area contributed by atoms with Gasteiger partial charge in [0.1, 0.15) is 17.3 Å². The molecule has 2 aromatic carbocycles. The molecule has 0 radical (unpaired) electrons. The molecule has 0 spiro atoms. The molecule has 5 rings (SSSR count). The van der Waals surface area contributed by atoms with E-state index in [0.717, 1.165) is 46.8 Å². The zero-order chi connectivity index (χ0) is 20.5. The summed E-state index contributed by atoms with van der Waals surface area (Å²) in [4.78, 5) is 19.4. The molecule has 1 heterocycles. The third-order valence-electron chi connectivity index (χ3n) is 5.69. The van der Waals surface area contributed by atoms with Gasteiger partial charge in [-0.15, -0.1) is 0 Å². The van der Waals surface area contributed by atoms with Crippen molar-refractivity contribution in [3.63, 3.8) is 0 Å². The van der Waals surface area contributed by atoms with Crippen molar-refractivity contribution in [3.05, 3.63) is 89.0 Å². The molecular formula is C25H23N3O2. The average Bonchev–Trinajstić information content (AvgIpc) is 3.05. The molecular weight excluding hydrogens is 374 g/mol. The van der Waals surface area contributed by atoms with E-state index in [2.05, 4.69) is 34.2 Å². The fourth-order valence-electron chi connectivity index (χ4n) is 4.08. The minimum Gasteiger partial charge on any atom is -0.457 e. The molecule has 3 aromatic rings. The summed E-state index contributed by atoms with van der Waals surface area (Å²) in [6, 6.07) is 11.7. The summed E-state index contributed by atoms with van der Waals surface area (Å²) in [6.07, 6.45) is 13.6. The molecule has 150 valence electrons. The average molecular weight is 397 g/mol. The lowest BCUT2D eigenvalue weighted by Gasteiger charge is -2.16. The Labute approximate surface area is 175 Å². The zero-order valence-corrected chi connectivity index (χ0v) is 16.7. The predicted octanol–water partition coefficient (Wildman–Crippen LogP) is 4.85. The first-order valence-electron chi connectivity index (χ1n) is 10.3. The number of aromatic amines is 1. The Hall–Kier alpha value is -3.60. The number of aromatic nitrogens is 2. The molecule has 1 aromatic heterocycles. The van der Waals surface area contributed by atoms with Crippen molar-refractivity contribution in [1.29, 1.82) is 0 Å². The van der Waals surface area contributed by atoms with Crippen LogP contribution in [0.1, 0.15) is 46.6 Å². The second-order valence-electron chi connectivity index (χ2n) is 7.79. The van der Waals surface area contributed by atoms with E-state index in [0.29, 0.717) is 5.56 Å². The van der Waals surface area contributed by atoms with Crippen LogP contribution >= 0.6 is 0 Å². The van der Waals surface area contributed by atoms with Crippen molar-refractivity contribution in [2.45, 2.75) is 32.1 Å². The Morgan fingerprint density at radius 2 is 1.90 bits per heavy atom. The quantitative estimate of drug-likeness (QED) is 0.660. The molecule has 2 aliphatic rings. The Kier molecular flexibility index (Phi) is 4.71. The Morgan fingerprint density at radius 1 is 1.03 bits per heavy atom. The molecule has 0 saturated heterocycles. The van der Waals surface area contributed by atoms with E-state index in [1.165, 1.54) is 30.4 Å². The number of primary amides is 1. The first kappa shape index (κ1) is 18.4. The van der Waals surface area contributed by atoms with Crippen molar-refractivity contribution in [2.75, 3.05) is 0 Å². The fourth-order valence-corrected chi connectivity index (χ4v) is 4.08. The summed E-state index contributed by atoms with van der Waals surface area (Å²) in [5.74, 6) is 2.01. The highest BCUT2D eigenvalue weighted by atomic mass is 16.5. The Balaban J connectivity index is 1.39. The van der Waals surface area contributed by atoms with Crippen molar-refractivity contribution in [3.8, 4) is 5.75 Å².